The van der Waals surface area contributed by atoms with Crippen LogP contribution in [0, 0.1) is 23.7 Å². The molecule has 0 radical (unpaired) electrons. The molecule has 2 aliphatic rings. The van der Waals surface area contributed by atoms with E-state index in [1.54, 1.807) is 12.1 Å². The molecule has 4 nitrogen and oxygen atoms in total. The topological polar surface area (TPSA) is 67.2 Å². The Morgan fingerprint density at radius 3 is 2.56 bits per heavy atom. The first-order valence-electron chi connectivity index (χ1n) is 8.69. The van der Waals surface area contributed by atoms with Crippen molar-refractivity contribution < 1.29 is 12.6 Å². The van der Waals surface area contributed by atoms with E-state index in [4.69, 9.17) is 4.18 Å². The fourth-order valence-electron chi connectivity index (χ4n) is 3.70. The first-order chi connectivity index (χ1) is 11.8. The van der Waals surface area contributed by atoms with Gasteiger partial charge in [0.15, 0.2) is 0 Å². The van der Waals surface area contributed by atoms with Gasteiger partial charge in [-0.3, -0.25) is 0 Å². The number of benzene rings is 1. The standard InChI is InChI=1S/C20H23NO3S/c1-15-6-8-18(9-7-15)25(22,23)24-19(14-21)16-10-12-20(2)11-4-3-5-17(20)13-16/h6-9,13H,3-5,10-12H2,1-2H3/b19-16-/t20-/m0/s1. The third-order valence-corrected chi connectivity index (χ3v) is 6.63. The van der Waals surface area contributed by atoms with Gasteiger partial charge < -0.3 is 4.18 Å². The molecule has 1 aromatic carbocycles. The predicted octanol–water partition coefficient (Wildman–Crippen LogP) is 4.78. The summed E-state index contributed by atoms with van der Waals surface area (Å²) in [5, 5.41) is 9.47. The van der Waals surface area contributed by atoms with Gasteiger partial charge in [0.1, 0.15) is 11.0 Å². The van der Waals surface area contributed by atoms with Gasteiger partial charge in [-0.05, 0) is 56.6 Å². The van der Waals surface area contributed by atoms with Gasteiger partial charge in [-0.2, -0.15) is 13.7 Å². The number of allylic oxidation sites excluding steroid dienone is 4. The van der Waals surface area contributed by atoms with Crippen LogP contribution in [0.3, 0.4) is 0 Å². The summed E-state index contributed by atoms with van der Waals surface area (Å²) in [7, 11) is -3.99. The highest BCUT2D eigenvalue weighted by atomic mass is 32.2. The molecule has 0 aromatic heterocycles. The summed E-state index contributed by atoms with van der Waals surface area (Å²) in [6.07, 6.45) is 8.18. The Hall–Kier alpha value is -2.06. The smallest absolute Gasteiger partial charge is 0.339 e. The van der Waals surface area contributed by atoms with Crippen molar-refractivity contribution in [3.8, 4) is 6.07 Å². The maximum Gasteiger partial charge on any atom is 0.339 e. The van der Waals surface area contributed by atoms with E-state index >= 15 is 0 Å². The Balaban J connectivity index is 1.92. The van der Waals surface area contributed by atoms with Crippen LogP contribution in [0.1, 0.15) is 51.0 Å². The molecule has 2 aliphatic carbocycles. The number of fused-ring (bicyclic) bond motifs is 1. The monoisotopic (exact) mass is 357 g/mol. The molecule has 1 saturated carbocycles. The second-order valence-electron chi connectivity index (χ2n) is 7.25. The lowest BCUT2D eigenvalue weighted by atomic mass is 9.65. The van der Waals surface area contributed by atoms with E-state index < -0.39 is 10.1 Å². The zero-order valence-corrected chi connectivity index (χ0v) is 15.5. The highest BCUT2D eigenvalue weighted by molar-refractivity contribution is 7.86. The Bertz CT molecular complexity index is 873. The first kappa shape index (κ1) is 17.8. The van der Waals surface area contributed by atoms with Gasteiger partial charge in [0.05, 0.1) is 0 Å². The summed E-state index contributed by atoms with van der Waals surface area (Å²) < 4.78 is 30.2. The van der Waals surface area contributed by atoms with E-state index in [9.17, 15) is 13.7 Å². The molecule has 0 amide bonds. The molecule has 25 heavy (non-hydrogen) atoms. The molecule has 5 heteroatoms. The molecule has 0 saturated heterocycles. The fraction of sp³-hybridized carbons (Fsp3) is 0.450. The predicted molar refractivity (Wildman–Crippen MR) is 96.0 cm³/mol. The zero-order chi connectivity index (χ0) is 18.1. The van der Waals surface area contributed by atoms with Crippen molar-refractivity contribution in [2.45, 2.75) is 57.3 Å². The van der Waals surface area contributed by atoms with Gasteiger partial charge in [-0.1, -0.05) is 42.7 Å². The largest absolute Gasteiger partial charge is 0.367 e. The lowest BCUT2D eigenvalue weighted by Gasteiger charge is -2.40. The first-order valence-corrected chi connectivity index (χ1v) is 10.1. The molecule has 132 valence electrons. The molecule has 0 spiro atoms. The Kier molecular flexibility index (Phi) is 4.75. The molecule has 1 aromatic rings. The van der Waals surface area contributed by atoms with Crippen LogP contribution >= 0.6 is 0 Å². The molecular weight excluding hydrogens is 334 g/mol. The van der Waals surface area contributed by atoms with E-state index in [2.05, 4.69) is 6.92 Å². The fourth-order valence-corrected chi connectivity index (χ4v) is 4.63. The van der Waals surface area contributed by atoms with E-state index in [0.717, 1.165) is 31.2 Å². The highest BCUT2D eigenvalue weighted by Crippen LogP contribution is 2.48. The number of rotatable bonds is 3. The number of hydrogen-bond donors (Lipinski definition) is 0. The third kappa shape index (κ3) is 3.64. The van der Waals surface area contributed by atoms with Crippen LogP contribution in [0.2, 0.25) is 0 Å². The Morgan fingerprint density at radius 2 is 1.88 bits per heavy atom. The van der Waals surface area contributed by atoms with Crippen LogP contribution in [0.25, 0.3) is 0 Å². The minimum Gasteiger partial charge on any atom is -0.367 e. The molecule has 0 unspecified atom stereocenters. The summed E-state index contributed by atoms with van der Waals surface area (Å²) in [6, 6.07) is 8.38. The van der Waals surface area contributed by atoms with Gasteiger partial charge in [-0.15, -0.1) is 0 Å². The molecular formula is C20H23NO3S. The van der Waals surface area contributed by atoms with Crippen molar-refractivity contribution in [2.24, 2.45) is 5.41 Å². The summed E-state index contributed by atoms with van der Waals surface area (Å²) in [5.74, 6) is -0.0966. The van der Waals surface area contributed by atoms with Crippen LogP contribution in [-0.2, 0) is 14.3 Å². The summed E-state index contributed by atoms with van der Waals surface area (Å²) in [6.45, 7) is 4.15. The van der Waals surface area contributed by atoms with Gasteiger partial charge in [0, 0.05) is 5.57 Å². The number of aryl methyl sites for hydroxylation is 1. The third-order valence-electron chi connectivity index (χ3n) is 5.39. The second-order valence-corrected chi connectivity index (χ2v) is 8.80. The molecule has 0 heterocycles. The minimum absolute atomic E-state index is 0.0671. The second kappa shape index (κ2) is 6.68. The zero-order valence-electron chi connectivity index (χ0n) is 14.7. The van der Waals surface area contributed by atoms with Crippen LogP contribution < -0.4 is 0 Å². The number of nitrogens with zero attached hydrogens (tertiary/aromatic N) is 1. The molecule has 1 atom stereocenters. The van der Waals surface area contributed by atoms with Crippen molar-refractivity contribution in [1.82, 2.24) is 0 Å². The van der Waals surface area contributed by atoms with Crippen molar-refractivity contribution in [3.05, 3.63) is 52.8 Å². The van der Waals surface area contributed by atoms with Crippen LogP contribution in [0.15, 0.2) is 52.1 Å². The van der Waals surface area contributed by atoms with Crippen LogP contribution in [0.4, 0.5) is 0 Å². The van der Waals surface area contributed by atoms with E-state index in [-0.39, 0.29) is 16.1 Å². The van der Waals surface area contributed by atoms with Crippen LogP contribution in [-0.4, -0.2) is 8.42 Å². The molecule has 1 fully saturated rings. The quantitative estimate of drug-likeness (QED) is 0.443. The maximum atomic E-state index is 12.5. The lowest BCUT2D eigenvalue weighted by Crippen LogP contribution is -2.26. The van der Waals surface area contributed by atoms with E-state index in [1.807, 2.05) is 19.1 Å². The maximum absolute atomic E-state index is 12.5. The van der Waals surface area contributed by atoms with E-state index in [1.165, 1.54) is 24.1 Å². The van der Waals surface area contributed by atoms with Crippen LogP contribution in [0.5, 0.6) is 0 Å². The average Bonchev–Trinajstić information content (AvgIpc) is 2.59. The molecule has 0 N–H and O–H groups in total. The molecule has 3 rings (SSSR count). The summed E-state index contributed by atoms with van der Waals surface area (Å²) in [4.78, 5) is 0.0671. The number of nitriles is 1. The highest BCUT2D eigenvalue weighted by Gasteiger charge is 2.35. The molecule has 0 aliphatic heterocycles. The summed E-state index contributed by atoms with van der Waals surface area (Å²) in [5.41, 5.74) is 3.18. The van der Waals surface area contributed by atoms with Gasteiger partial charge in [0.2, 0.25) is 5.76 Å². The number of hydrogen-bond acceptors (Lipinski definition) is 4. The van der Waals surface area contributed by atoms with Gasteiger partial charge in [0.25, 0.3) is 0 Å². The van der Waals surface area contributed by atoms with Gasteiger partial charge in [-0.25, -0.2) is 0 Å². The van der Waals surface area contributed by atoms with Gasteiger partial charge >= 0.3 is 10.1 Å². The summed E-state index contributed by atoms with van der Waals surface area (Å²) >= 11 is 0. The van der Waals surface area contributed by atoms with Crippen molar-refractivity contribution >= 4 is 10.1 Å². The lowest BCUT2D eigenvalue weighted by molar-refractivity contribution is 0.272. The van der Waals surface area contributed by atoms with E-state index in [0.29, 0.717) is 12.0 Å². The average molecular weight is 357 g/mol. The Morgan fingerprint density at radius 1 is 1.16 bits per heavy atom. The van der Waals surface area contributed by atoms with Crippen molar-refractivity contribution in [3.63, 3.8) is 0 Å². The molecule has 0 bridgehead atoms. The normalized spacial score (nSPS) is 25.4. The van der Waals surface area contributed by atoms with Crippen molar-refractivity contribution in [1.29, 1.82) is 5.26 Å². The Labute approximate surface area is 149 Å². The minimum atomic E-state index is -3.99. The SMILES string of the molecule is Cc1ccc(S(=O)(=O)O/C(C#N)=C2\C=C3CCCC[C@@]3(C)CC2)cc1. The van der Waals surface area contributed by atoms with Crippen molar-refractivity contribution in [2.75, 3.05) is 0 Å².